The van der Waals surface area contributed by atoms with E-state index in [-0.39, 0.29) is 23.0 Å². The molecule has 1 aromatic heterocycles. The zero-order chi connectivity index (χ0) is 21.1. The Hall–Kier alpha value is -2.39. The SMILES string of the molecule is COc1ccc(NC(=O)CCc2c(C)nn(CC(C)C)c2C)cc1S(N)(=O)=O. The quantitative estimate of drug-likeness (QED) is 0.696. The molecule has 0 spiro atoms. The molecule has 2 rings (SSSR count). The standard InChI is InChI=1S/C19H28N4O4S/c1-12(2)11-23-14(4)16(13(3)22-23)7-9-19(24)21-15-6-8-17(27-5)18(10-15)28(20,25)26/h6,8,10,12H,7,9,11H2,1-5H3,(H,21,24)(H2,20,25,26). The third-order valence-electron chi connectivity index (χ3n) is 4.43. The number of carbonyl (C=O) groups excluding carboxylic acids is 1. The zero-order valence-electron chi connectivity index (χ0n) is 16.9. The number of amides is 1. The lowest BCUT2D eigenvalue weighted by Crippen LogP contribution is -2.16. The van der Waals surface area contributed by atoms with Gasteiger partial charge >= 0.3 is 0 Å². The van der Waals surface area contributed by atoms with Gasteiger partial charge in [0.05, 0.1) is 12.8 Å². The summed E-state index contributed by atoms with van der Waals surface area (Å²) in [5, 5.41) is 12.5. The average molecular weight is 409 g/mol. The molecule has 0 bridgehead atoms. The fraction of sp³-hybridized carbons (Fsp3) is 0.474. The number of rotatable bonds is 8. The summed E-state index contributed by atoms with van der Waals surface area (Å²) in [5.41, 5.74) is 3.40. The first kappa shape index (κ1) is 21.9. The van der Waals surface area contributed by atoms with Crippen molar-refractivity contribution in [2.45, 2.75) is 52.0 Å². The summed E-state index contributed by atoms with van der Waals surface area (Å²) in [7, 11) is -2.61. The van der Waals surface area contributed by atoms with Gasteiger partial charge in [-0.25, -0.2) is 13.6 Å². The predicted molar refractivity (Wildman–Crippen MR) is 108 cm³/mol. The highest BCUT2D eigenvalue weighted by molar-refractivity contribution is 7.89. The molecule has 0 saturated heterocycles. The number of hydrogen-bond acceptors (Lipinski definition) is 5. The minimum absolute atomic E-state index is 0.129. The van der Waals surface area contributed by atoms with E-state index in [0.717, 1.165) is 23.5 Å². The maximum Gasteiger partial charge on any atom is 0.241 e. The van der Waals surface area contributed by atoms with Crippen molar-refractivity contribution in [2.24, 2.45) is 11.1 Å². The van der Waals surface area contributed by atoms with Crippen molar-refractivity contribution < 1.29 is 17.9 Å². The molecule has 0 unspecified atom stereocenters. The Morgan fingerprint density at radius 1 is 1.32 bits per heavy atom. The van der Waals surface area contributed by atoms with Crippen LogP contribution in [0.25, 0.3) is 0 Å². The van der Waals surface area contributed by atoms with Gasteiger partial charge in [-0.3, -0.25) is 9.48 Å². The topological polar surface area (TPSA) is 116 Å². The van der Waals surface area contributed by atoms with Crippen LogP contribution in [0.15, 0.2) is 23.1 Å². The van der Waals surface area contributed by atoms with Crippen molar-refractivity contribution >= 4 is 21.6 Å². The number of sulfonamides is 1. The number of carbonyl (C=O) groups is 1. The van der Waals surface area contributed by atoms with Crippen molar-refractivity contribution in [1.29, 1.82) is 0 Å². The van der Waals surface area contributed by atoms with Crippen LogP contribution in [-0.2, 0) is 27.8 Å². The lowest BCUT2D eigenvalue weighted by atomic mass is 10.1. The molecular weight excluding hydrogens is 380 g/mol. The molecule has 0 radical (unpaired) electrons. The first-order valence-electron chi connectivity index (χ1n) is 9.06. The van der Waals surface area contributed by atoms with Gasteiger partial charge in [0.25, 0.3) is 0 Å². The number of ether oxygens (including phenoxy) is 1. The van der Waals surface area contributed by atoms with Gasteiger partial charge in [-0.2, -0.15) is 5.10 Å². The first-order chi connectivity index (χ1) is 13.0. The first-order valence-corrected chi connectivity index (χ1v) is 10.6. The van der Waals surface area contributed by atoms with Gasteiger partial charge in [0.15, 0.2) is 0 Å². The molecule has 154 valence electrons. The van der Waals surface area contributed by atoms with Gasteiger partial charge in [-0.15, -0.1) is 0 Å². The molecule has 0 aliphatic rings. The van der Waals surface area contributed by atoms with Crippen molar-refractivity contribution in [3.63, 3.8) is 0 Å². The minimum atomic E-state index is -3.96. The Balaban J connectivity index is 2.09. The third-order valence-corrected chi connectivity index (χ3v) is 5.36. The van der Waals surface area contributed by atoms with Crippen molar-refractivity contribution in [2.75, 3.05) is 12.4 Å². The zero-order valence-corrected chi connectivity index (χ0v) is 17.8. The van der Waals surface area contributed by atoms with Crippen LogP contribution in [0, 0.1) is 19.8 Å². The number of nitrogens with two attached hydrogens (primary N) is 1. The van der Waals surface area contributed by atoms with Crippen molar-refractivity contribution in [1.82, 2.24) is 9.78 Å². The summed E-state index contributed by atoms with van der Waals surface area (Å²) >= 11 is 0. The largest absolute Gasteiger partial charge is 0.495 e. The number of primary sulfonamides is 1. The van der Waals surface area contributed by atoms with Crippen LogP contribution in [0.4, 0.5) is 5.69 Å². The van der Waals surface area contributed by atoms with Gasteiger partial charge in [0, 0.05) is 24.3 Å². The fourth-order valence-corrected chi connectivity index (χ4v) is 3.78. The second-order valence-electron chi connectivity index (χ2n) is 7.18. The maximum atomic E-state index is 12.4. The van der Waals surface area contributed by atoms with Crippen LogP contribution in [-0.4, -0.2) is 31.2 Å². The maximum absolute atomic E-state index is 12.4. The van der Waals surface area contributed by atoms with Gasteiger partial charge in [-0.05, 0) is 49.9 Å². The number of nitrogens with zero attached hydrogens (tertiary/aromatic N) is 2. The molecule has 0 atom stereocenters. The summed E-state index contributed by atoms with van der Waals surface area (Å²) in [4.78, 5) is 12.2. The van der Waals surface area contributed by atoms with Crippen LogP contribution in [0.2, 0.25) is 0 Å². The van der Waals surface area contributed by atoms with Gasteiger partial charge in [0.2, 0.25) is 15.9 Å². The molecule has 1 heterocycles. The summed E-state index contributed by atoms with van der Waals surface area (Å²) in [6, 6.07) is 4.32. The van der Waals surface area contributed by atoms with E-state index in [0.29, 0.717) is 18.0 Å². The molecule has 28 heavy (non-hydrogen) atoms. The smallest absolute Gasteiger partial charge is 0.241 e. The van der Waals surface area contributed by atoms with Gasteiger partial charge < -0.3 is 10.1 Å². The number of hydrogen-bond donors (Lipinski definition) is 2. The van der Waals surface area contributed by atoms with E-state index < -0.39 is 10.0 Å². The van der Waals surface area contributed by atoms with Crippen LogP contribution in [0.3, 0.4) is 0 Å². The van der Waals surface area contributed by atoms with E-state index in [1.807, 2.05) is 18.5 Å². The minimum Gasteiger partial charge on any atom is -0.495 e. The summed E-state index contributed by atoms with van der Waals surface area (Å²) in [6.07, 6.45) is 0.811. The van der Waals surface area contributed by atoms with Gasteiger partial charge in [-0.1, -0.05) is 13.8 Å². The van der Waals surface area contributed by atoms with Gasteiger partial charge in [0.1, 0.15) is 10.6 Å². The van der Waals surface area contributed by atoms with Crippen LogP contribution >= 0.6 is 0 Å². The van der Waals surface area contributed by atoms with E-state index in [9.17, 15) is 13.2 Å². The number of methoxy groups -OCH3 is 1. The molecule has 1 aromatic carbocycles. The normalized spacial score (nSPS) is 11.7. The molecule has 1 amide bonds. The Labute approximate surface area is 166 Å². The molecule has 0 aliphatic carbocycles. The van der Waals surface area contributed by atoms with E-state index in [1.54, 1.807) is 6.07 Å². The highest BCUT2D eigenvalue weighted by Crippen LogP contribution is 2.26. The summed E-state index contributed by atoms with van der Waals surface area (Å²) < 4.78 is 30.4. The molecule has 9 heteroatoms. The highest BCUT2D eigenvalue weighted by atomic mass is 32.2. The summed E-state index contributed by atoms with van der Waals surface area (Å²) in [6.45, 7) is 9.06. The Kier molecular flexibility index (Phi) is 6.84. The second-order valence-corrected chi connectivity index (χ2v) is 8.71. The highest BCUT2D eigenvalue weighted by Gasteiger charge is 2.17. The summed E-state index contributed by atoms with van der Waals surface area (Å²) in [5.74, 6) is 0.391. The molecule has 0 aliphatic heterocycles. The number of benzene rings is 1. The number of aromatic nitrogens is 2. The monoisotopic (exact) mass is 408 g/mol. The predicted octanol–water partition coefficient (Wildman–Crippen LogP) is 2.38. The Morgan fingerprint density at radius 2 is 2.00 bits per heavy atom. The molecule has 2 aromatic rings. The molecule has 0 fully saturated rings. The van der Waals surface area contributed by atoms with E-state index >= 15 is 0 Å². The van der Waals surface area contributed by atoms with E-state index in [1.165, 1.54) is 19.2 Å². The lowest BCUT2D eigenvalue weighted by molar-refractivity contribution is -0.116. The van der Waals surface area contributed by atoms with E-state index in [4.69, 9.17) is 9.88 Å². The van der Waals surface area contributed by atoms with Crippen LogP contribution in [0.5, 0.6) is 5.75 Å². The van der Waals surface area contributed by atoms with Crippen LogP contribution in [0.1, 0.15) is 37.2 Å². The second kappa shape index (κ2) is 8.74. The third kappa shape index (κ3) is 5.32. The van der Waals surface area contributed by atoms with Crippen molar-refractivity contribution in [3.05, 3.63) is 35.2 Å². The molecular formula is C19H28N4O4S. The molecule has 8 nitrogen and oxygen atoms in total. The Bertz CT molecular complexity index is 965. The average Bonchev–Trinajstić information content (AvgIpc) is 2.85. The Morgan fingerprint density at radius 3 is 2.57 bits per heavy atom. The number of anilines is 1. The van der Waals surface area contributed by atoms with Crippen molar-refractivity contribution in [3.8, 4) is 5.75 Å². The number of aryl methyl sites for hydroxylation is 1. The molecule has 0 saturated carbocycles. The number of nitrogens with one attached hydrogen (secondary N) is 1. The van der Waals surface area contributed by atoms with E-state index in [2.05, 4.69) is 24.3 Å². The fourth-order valence-electron chi connectivity index (χ4n) is 3.06. The van der Waals surface area contributed by atoms with Crippen LogP contribution < -0.4 is 15.2 Å². The molecule has 3 N–H and O–H groups in total. The lowest BCUT2D eigenvalue weighted by Gasteiger charge is -2.11.